The first-order valence-electron chi connectivity index (χ1n) is 8.36. The molecule has 3 heterocycles. The molecule has 7 nitrogen and oxygen atoms in total. The number of amides is 1. The van der Waals surface area contributed by atoms with E-state index in [4.69, 9.17) is 9.51 Å². The standard InChI is InChI=1S/C17H19N5O2S/c1-11-19-15(24-21-11)9-18-16(23)12-5-4-8-22(10-12)17-20-13-6-2-3-7-14(13)25-17/h2-3,6-7,12H,4-5,8-10H2,1H3,(H,18,23). The molecule has 1 unspecified atom stereocenters. The number of nitrogens with zero attached hydrogens (tertiary/aromatic N) is 4. The maximum atomic E-state index is 12.5. The number of hydrogen-bond donors (Lipinski definition) is 1. The van der Waals surface area contributed by atoms with E-state index in [9.17, 15) is 4.79 Å². The Hall–Kier alpha value is -2.48. The zero-order chi connectivity index (χ0) is 17.2. The number of nitrogens with one attached hydrogen (secondary N) is 1. The van der Waals surface area contributed by atoms with Crippen molar-refractivity contribution in [1.82, 2.24) is 20.4 Å². The zero-order valence-electron chi connectivity index (χ0n) is 13.9. The fraction of sp³-hybridized carbons (Fsp3) is 0.412. The molecule has 0 saturated carbocycles. The number of aromatic nitrogens is 3. The molecule has 25 heavy (non-hydrogen) atoms. The molecule has 0 spiro atoms. The largest absolute Gasteiger partial charge is 0.347 e. The van der Waals surface area contributed by atoms with Crippen LogP contribution in [0, 0.1) is 12.8 Å². The molecule has 4 rings (SSSR count). The Bertz CT molecular complexity index is 857. The van der Waals surface area contributed by atoms with Crippen LogP contribution < -0.4 is 10.2 Å². The van der Waals surface area contributed by atoms with E-state index < -0.39 is 0 Å². The van der Waals surface area contributed by atoms with Gasteiger partial charge in [-0.25, -0.2) is 4.98 Å². The van der Waals surface area contributed by atoms with Crippen molar-refractivity contribution in [3.05, 3.63) is 36.0 Å². The fourth-order valence-electron chi connectivity index (χ4n) is 3.08. The number of para-hydroxylation sites is 1. The number of benzene rings is 1. The third-order valence-electron chi connectivity index (χ3n) is 4.33. The van der Waals surface area contributed by atoms with Gasteiger partial charge in [0.15, 0.2) is 11.0 Å². The van der Waals surface area contributed by atoms with Crippen molar-refractivity contribution in [3.63, 3.8) is 0 Å². The van der Waals surface area contributed by atoms with Gasteiger partial charge in [-0.2, -0.15) is 4.98 Å². The van der Waals surface area contributed by atoms with Crippen LogP contribution >= 0.6 is 11.3 Å². The number of fused-ring (bicyclic) bond motifs is 1. The molecule has 2 aromatic heterocycles. The first-order valence-corrected chi connectivity index (χ1v) is 9.18. The van der Waals surface area contributed by atoms with Gasteiger partial charge in [0.05, 0.1) is 22.7 Å². The van der Waals surface area contributed by atoms with Gasteiger partial charge in [-0.05, 0) is 31.9 Å². The first-order chi connectivity index (χ1) is 12.2. The average Bonchev–Trinajstić information content (AvgIpc) is 3.25. The highest BCUT2D eigenvalue weighted by molar-refractivity contribution is 7.22. The highest BCUT2D eigenvalue weighted by Crippen LogP contribution is 2.31. The van der Waals surface area contributed by atoms with E-state index >= 15 is 0 Å². The van der Waals surface area contributed by atoms with Gasteiger partial charge in [0.2, 0.25) is 11.8 Å². The van der Waals surface area contributed by atoms with E-state index in [1.54, 1.807) is 18.3 Å². The van der Waals surface area contributed by atoms with Gasteiger partial charge >= 0.3 is 0 Å². The predicted molar refractivity (Wildman–Crippen MR) is 95.4 cm³/mol. The Kier molecular flexibility index (Phi) is 4.35. The molecular weight excluding hydrogens is 338 g/mol. The molecule has 1 fully saturated rings. The van der Waals surface area contributed by atoms with Crippen LogP contribution in [-0.4, -0.2) is 34.1 Å². The number of hydrogen-bond acceptors (Lipinski definition) is 7. The van der Waals surface area contributed by atoms with E-state index in [1.807, 2.05) is 18.2 Å². The second kappa shape index (κ2) is 6.79. The highest BCUT2D eigenvalue weighted by Gasteiger charge is 2.27. The Morgan fingerprint density at radius 2 is 2.28 bits per heavy atom. The summed E-state index contributed by atoms with van der Waals surface area (Å²) in [5.41, 5.74) is 1.01. The lowest BCUT2D eigenvalue weighted by Crippen LogP contribution is -2.43. The zero-order valence-corrected chi connectivity index (χ0v) is 14.8. The second-order valence-corrected chi connectivity index (χ2v) is 7.21. The molecular formula is C17H19N5O2S. The van der Waals surface area contributed by atoms with Crippen molar-refractivity contribution in [3.8, 4) is 0 Å². The molecule has 0 radical (unpaired) electrons. The summed E-state index contributed by atoms with van der Waals surface area (Å²) in [6.45, 7) is 3.66. The summed E-state index contributed by atoms with van der Waals surface area (Å²) in [5, 5.41) is 7.62. The van der Waals surface area contributed by atoms with Gasteiger partial charge in [-0.3, -0.25) is 4.79 Å². The number of aryl methyl sites for hydroxylation is 1. The number of piperidine rings is 1. The normalized spacial score (nSPS) is 17.8. The smallest absolute Gasteiger partial charge is 0.246 e. The minimum Gasteiger partial charge on any atom is -0.347 e. The Balaban J connectivity index is 1.40. The number of anilines is 1. The number of thiazole rings is 1. The lowest BCUT2D eigenvalue weighted by Gasteiger charge is -2.31. The number of carbonyl (C=O) groups is 1. The Morgan fingerprint density at radius 1 is 1.40 bits per heavy atom. The van der Waals surface area contributed by atoms with Crippen molar-refractivity contribution in [2.24, 2.45) is 5.92 Å². The maximum absolute atomic E-state index is 12.5. The maximum Gasteiger partial charge on any atom is 0.246 e. The van der Waals surface area contributed by atoms with Crippen molar-refractivity contribution in [1.29, 1.82) is 0 Å². The molecule has 130 valence electrons. The third-order valence-corrected chi connectivity index (χ3v) is 5.43. The van der Waals surface area contributed by atoms with E-state index in [-0.39, 0.29) is 18.4 Å². The minimum atomic E-state index is -0.0511. The van der Waals surface area contributed by atoms with Crippen LogP contribution in [0.4, 0.5) is 5.13 Å². The van der Waals surface area contributed by atoms with E-state index in [1.165, 1.54) is 4.70 Å². The molecule has 8 heteroatoms. The molecule has 0 aliphatic carbocycles. The lowest BCUT2D eigenvalue weighted by atomic mass is 9.97. The summed E-state index contributed by atoms with van der Waals surface area (Å²) in [4.78, 5) is 23.5. The summed E-state index contributed by atoms with van der Waals surface area (Å²) >= 11 is 1.68. The van der Waals surface area contributed by atoms with Crippen LogP contribution in [-0.2, 0) is 11.3 Å². The van der Waals surface area contributed by atoms with Crippen molar-refractivity contribution >= 4 is 32.6 Å². The summed E-state index contributed by atoms with van der Waals surface area (Å²) in [6, 6.07) is 8.13. The molecule has 1 aliphatic heterocycles. The molecule has 0 bridgehead atoms. The highest BCUT2D eigenvalue weighted by atomic mass is 32.1. The SMILES string of the molecule is Cc1noc(CNC(=O)C2CCCN(c3nc4ccccc4s3)C2)n1. The average molecular weight is 357 g/mol. The lowest BCUT2D eigenvalue weighted by molar-refractivity contribution is -0.125. The van der Waals surface area contributed by atoms with Gasteiger partial charge in [0.1, 0.15) is 0 Å². The van der Waals surface area contributed by atoms with Crippen molar-refractivity contribution < 1.29 is 9.32 Å². The Labute approximate surface area is 149 Å². The minimum absolute atomic E-state index is 0.0293. The van der Waals surface area contributed by atoms with Gasteiger partial charge in [0.25, 0.3) is 0 Å². The molecule has 3 aromatic rings. The molecule has 1 aromatic carbocycles. The topological polar surface area (TPSA) is 84.2 Å². The first kappa shape index (κ1) is 16.0. The molecule has 1 N–H and O–H groups in total. The summed E-state index contributed by atoms with van der Waals surface area (Å²) < 4.78 is 6.21. The fourth-order valence-corrected chi connectivity index (χ4v) is 4.08. The van der Waals surface area contributed by atoms with Crippen LogP contribution in [0.15, 0.2) is 28.8 Å². The van der Waals surface area contributed by atoms with E-state index in [0.29, 0.717) is 18.3 Å². The van der Waals surface area contributed by atoms with Crippen LogP contribution in [0.25, 0.3) is 10.2 Å². The molecule has 1 aliphatic rings. The molecule has 1 amide bonds. The predicted octanol–water partition coefficient (Wildman–Crippen LogP) is 2.52. The van der Waals surface area contributed by atoms with Gasteiger partial charge in [-0.15, -0.1) is 0 Å². The van der Waals surface area contributed by atoms with Gasteiger partial charge < -0.3 is 14.7 Å². The monoisotopic (exact) mass is 357 g/mol. The van der Waals surface area contributed by atoms with Crippen LogP contribution in [0.5, 0.6) is 0 Å². The van der Waals surface area contributed by atoms with Crippen molar-refractivity contribution in [2.45, 2.75) is 26.3 Å². The molecule has 1 atom stereocenters. The van der Waals surface area contributed by atoms with Crippen molar-refractivity contribution in [2.75, 3.05) is 18.0 Å². The van der Waals surface area contributed by atoms with Crippen LogP contribution in [0.2, 0.25) is 0 Å². The Morgan fingerprint density at radius 3 is 3.08 bits per heavy atom. The summed E-state index contributed by atoms with van der Waals surface area (Å²) in [5.74, 6) is 0.986. The number of rotatable bonds is 4. The van der Waals surface area contributed by atoms with Gasteiger partial charge in [-0.1, -0.05) is 28.6 Å². The quantitative estimate of drug-likeness (QED) is 0.772. The third kappa shape index (κ3) is 3.48. The molecule has 1 saturated heterocycles. The van der Waals surface area contributed by atoms with E-state index in [0.717, 1.165) is 30.0 Å². The summed E-state index contributed by atoms with van der Waals surface area (Å²) in [7, 11) is 0. The van der Waals surface area contributed by atoms with Crippen LogP contribution in [0.3, 0.4) is 0 Å². The second-order valence-electron chi connectivity index (χ2n) is 6.20. The number of carbonyl (C=O) groups excluding carboxylic acids is 1. The van der Waals surface area contributed by atoms with E-state index in [2.05, 4.69) is 26.4 Å². The van der Waals surface area contributed by atoms with Gasteiger partial charge in [0, 0.05) is 13.1 Å². The van der Waals surface area contributed by atoms with Crippen LogP contribution in [0.1, 0.15) is 24.6 Å². The summed E-state index contributed by atoms with van der Waals surface area (Å²) in [6.07, 6.45) is 1.86.